The molecule has 0 radical (unpaired) electrons. The molecule has 1 fully saturated rings. The molecule has 0 aliphatic carbocycles. The maximum absolute atomic E-state index is 11.3. The fourth-order valence-electron chi connectivity index (χ4n) is 2.13. The summed E-state index contributed by atoms with van der Waals surface area (Å²) in [4.78, 5) is 13.4. The summed E-state index contributed by atoms with van der Waals surface area (Å²) in [6, 6.07) is 0.00144. The van der Waals surface area contributed by atoms with Crippen LogP contribution in [0, 0.1) is 5.92 Å². The van der Waals surface area contributed by atoms with Gasteiger partial charge in [-0.15, -0.1) is 0 Å². The molecule has 0 aromatic heterocycles. The zero-order valence-corrected chi connectivity index (χ0v) is 8.75. The molecule has 76 valence electrons. The first-order chi connectivity index (χ1) is 6.19. The Hall–Kier alpha value is -0.570. The van der Waals surface area contributed by atoms with E-state index in [9.17, 15) is 4.79 Å². The molecule has 0 unspecified atom stereocenters. The maximum atomic E-state index is 11.3. The molecule has 0 aromatic carbocycles. The first-order valence-electron chi connectivity index (χ1n) is 4.97. The van der Waals surface area contributed by atoms with E-state index >= 15 is 0 Å². The highest BCUT2D eigenvalue weighted by Crippen LogP contribution is 2.25. The molecule has 13 heavy (non-hydrogen) atoms. The van der Waals surface area contributed by atoms with Crippen LogP contribution in [0.4, 0.5) is 0 Å². The van der Waals surface area contributed by atoms with Crippen LogP contribution in [-0.4, -0.2) is 37.6 Å². The second kappa shape index (κ2) is 4.61. The second-order valence-corrected chi connectivity index (χ2v) is 3.87. The van der Waals surface area contributed by atoms with Crippen LogP contribution in [0.25, 0.3) is 0 Å². The molecule has 1 rings (SSSR count). The van der Waals surface area contributed by atoms with Crippen molar-refractivity contribution in [1.29, 1.82) is 0 Å². The number of carbonyl (C=O) groups excluding carboxylic acids is 1. The lowest BCUT2D eigenvalue weighted by Gasteiger charge is -2.15. The van der Waals surface area contributed by atoms with Crippen molar-refractivity contribution in [3.05, 3.63) is 0 Å². The zero-order valence-electron chi connectivity index (χ0n) is 8.75. The van der Waals surface area contributed by atoms with Gasteiger partial charge in [0.25, 0.3) is 0 Å². The Morgan fingerprint density at radius 1 is 1.62 bits per heavy atom. The Balaban J connectivity index is 2.46. The van der Waals surface area contributed by atoms with Gasteiger partial charge in [-0.1, -0.05) is 13.3 Å². The second-order valence-electron chi connectivity index (χ2n) is 3.87. The summed E-state index contributed by atoms with van der Waals surface area (Å²) >= 11 is 0. The van der Waals surface area contributed by atoms with Crippen molar-refractivity contribution in [3.63, 3.8) is 0 Å². The number of esters is 1. The molecule has 3 nitrogen and oxygen atoms in total. The largest absolute Gasteiger partial charge is 0.468 e. The minimum atomic E-state index is -0.0823. The monoisotopic (exact) mass is 185 g/mol. The van der Waals surface area contributed by atoms with Crippen LogP contribution in [0.1, 0.15) is 26.2 Å². The van der Waals surface area contributed by atoms with Gasteiger partial charge in [0.1, 0.15) is 6.04 Å². The summed E-state index contributed by atoms with van der Waals surface area (Å²) in [5.41, 5.74) is 0. The SMILES string of the molecule is CCC[C@@H]1C[C@@H](C(=O)OC)N(C)C1. The molecule has 0 aromatic rings. The fourth-order valence-corrected chi connectivity index (χ4v) is 2.13. The smallest absolute Gasteiger partial charge is 0.323 e. The van der Waals surface area contributed by atoms with Gasteiger partial charge in [-0.2, -0.15) is 0 Å². The minimum Gasteiger partial charge on any atom is -0.468 e. The van der Waals surface area contributed by atoms with E-state index < -0.39 is 0 Å². The highest BCUT2D eigenvalue weighted by molar-refractivity contribution is 5.76. The van der Waals surface area contributed by atoms with Crippen LogP contribution in [0.5, 0.6) is 0 Å². The number of nitrogens with zero attached hydrogens (tertiary/aromatic N) is 1. The normalized spacial score (nSPS) is 29.2. The molecule has 1 heterocycles. The van der Waals surface area contributed by atoms with E-state index in [0.29, 0.717) is 5.92 Å². The van der Waals surface area contributed by atoms with Crippen LogP contribution in [-0.2, 0) is 9.53 Å². The van der Waals surface area contributed by atoms with Gasteiger partial charge in [-0.3, -0.25) is 9.69 Å². The lowest BCUT2D eigenvalue weighted by atomic mass is 10.0. The highest BCUT2D eigenvalue weighted by Gasteiger charge is 2.34. The number of rotatable bonds is 3. The number of likely N-dealkylation sites (N-methyl/N-ethyl adjacent to an activating group) is 1. The summed E-state index contributed by atoms with van der Waals surface area (Å²) in [6.07, 6.45) is 3.39. The van der Waals surface area contributed by atoms with Crippen LogP contribution >= 0.6 is 0 Å². The van der Waals surface area contributed by atoms with Gasteiger partial charge in [-0.25, -0.2) is 0 Å². The van der Waals surface area contributed by atoms with Crippen molar-refractivity contribution in [2.24, 2.45) is 5.92 Å². The number of likely N-dealkylation sites (tertiary alicyclic amines) is 1. The van der Waals surface area contributed by atoms with Gasteiger partial charge in [0.15, 0.2) is 0 Å². The topological polar surface area (TPSA) is 29.5 Å². The van der Waals surface area contributed by atoms with E-state index in [2.05, 4.69) is 11.8 Å². The number of hydrogen-bond donors (Lipinski definition) is 0. The van der Waals surface area contributed by atoms with Crippen molar-refractivity contribution in [2.45, 2.75) is 32.2 Å². The van der Waals surface area contributed by atoms with Crippen molar-refractivity contribution >= 4 is 5.97 Å². The molecular formula is C10H19NO2. The van der Waals surface area contributed by atoms with Gasteiger partial charge < -0.3 is 4.74 Å². The maximum Gasteiger partial charge on any atom is 0.323 e. The van der Waals surface area contributed by atoms with Gasteiger partial charge in [0.05, 0.1) is 7.11 Å². The van der Waals surface area contributed by atoms with Gasteiger partial charge in [-0.05, 0) is 25.8 Å². The Morgan fingerprint density at radius 2 is 2.31 bits per heavy atom. The van der Waals surface area contributed by atoms with Crippen LogP contribution < -0.4 is 0 Å². The highest BCUT2D eigenvalue weighted by atomic mass is 16.5. The summed E-state index contributed by atoms with van der Waals surface area (Å²) in [5.74, 6) is 0.597. The predicted molar refractivity (Wildman–Crippen MR) is 51.4 cm³/mol. The molecule has 0 spiro atoms. The zero-order chi connectivity index (χ0) is 9.84. The Kier molecular flexibility index (Phi) is 3.72. The summed E-state index contributed by atoms with van der Waals surface area (Å²) in [6.45, 7) is 3.22. The fraction of sp³-hybridized carbons (Fsp3) is 0.900. The number of carbonyl (C=O) groups is 1. The lowest BCUT2D eigenvalue weighted by Crippen LogP contribution is -2.33. The third kappa shape index (κ3) is 2.44. The quantitative estimate of drug-likeness (QED) is 0.620. The van der Waals surface area contributed by atoms with E-state index in [1.54, 1.807) is 0 Å². The first-order valence-corrected chi connectivity index (χ1v) is 4.97. The molecule has 1 aliphatic heterocycles. The molecule has 0 amide bonds. The summed E-state index contributed by atoms with van der Waals surface area (Å²) in [7, 11) is 3.46. The van der Waals surface area contributed by atoms with Crippen molar-refractivity contribution in [2.75, 3.05) is 20.7 Å². The van der Waals surface area contributed by atoms with Crippen molar-refractivity contribution < 1.29 is 9.53 Å². The number of ether oxygens (including phenoxy) is 1. The average molecular weight is 185 g/mol. The van der Waals surface area contributed by atoms with E-state index in [1.807, 2.05) is 7.05 Å². The summed E-state index contributed by atoms with van der Waals surface area (Å²) < 4.78 is 4.75. The van der Waals surface area contributed by atoms with E-state index in [4.69, 9.17) is 4.74 Å². The van der Waals surface area contributed by atoms with E-state index in [1.165, 1.54) is 20.0 Å². The molecule has 0 N–H and O–H groups in total. The molecule has 0 saturated carbocycles. The van der Waals surface area contributed by atoms with Gasteiger partial charge in [0, 0.05) is 6.54 Å². The minimum absolute atomic E-state index is 0.00144. The first kappa shape index (κ1) is 10.5. The van der Waals surface area contributed by atoms with Crippen molar-refractivity contribution in [3.8, 4) is 0 Å². The van der Waals surface area contributed by atoms with E-state index in [0.717, 1.165) is 13.0 Å². The standard InChI is InChI=1S/C10H19NO2/c1-4-5-8-6-9(10(12)13-3)11(2)7-8/h8-9H,4-7H2,1-3H3/t8-,9+/m1/s1. The van der Waals surface area contributed by atoms with Crippen LogP contribution in [0.15, 0.2) is 0 Å². The lowest BCUT2D eigenvalue weighted by molar-refractivity contribution is -0.145. The molecule has 1 aliphatic rings. The third-order valence-electron chi connectivity index (χ3n) is 2.81. The van der Waals surface area contributed by atoms with Crippen LogP contribution in [0.2, 0.25) is 0 Å². The Bertz CT molecular complexity index is 182. The predicted octanol–water partition coefficient (Wildman–Crippen LogP) is 1.28. The van der Waals surface area contributed by atoms with Crippen molar-refractivity contribution in [1.82, 2.24) is 4.90 Å². The summed E-state index contributed by atoms with van der Waals surface area (Å²) in [5, 5.41) is 0. The molecular weight excluding hydrogens is 166 g/mol. The number of hydrogen-bond acceptors (Lipinski definition) is 3. The third-order valence-corrected chi connectivity index (χ3v) is 2.81. The molecule has 1 saturated heterocycles. The van der Waals surface area contributed by atoms with Crippen LogP contribution in [0.3, 0.4) is 0 Å². The number of methoxy groups -OCH3 is 1. The average Bonchev–Trinajstić information content (AvgIpc) is 2.46. The Labute approximate surface area is 80.1 Å². The van der Waals surface area contributed by atoms with Gasteiger partial charge >= 0.3 is 5.97 Å². The van der Waals surface area contributed by atoms with Gasteiger partial charge in [0.2, 0.25) is 0 Å². The Morgan fingerprint density at radius 3 is 2.85 bits per heavy atom. The molecule has 2 atom stereocenters. The van der Waals surface area contributed by atoms with E-state index in [-0.39, 0.29) is 12.0 Å². The molecule has 3 heteroatoms. The molecule has 0 bridgehead atoms.